The highest BCUT2D eigenvalue weighted by Gasteiger charge is 2.09. The number of aromatic nitrogens is 1. The van der Waals surface area contributed by atoms with Gasteiger partial charge in [-0.3, -0.25) is 4.79 Å². The fourth-order valence-electron chi connectivity index (χ4n) is 2.89. The number of carbonyl (C=O) groups excluding carboxylic acids is 1. The van der Waals surface area contributed by atoms with Crippen molar-refractivity contribution < 1.29 is 9.18 Å². The third kappa shape index (κ3) is 4.70. The van der Waals surface area contributed by atoms with E-state index in [0.717, 1.165) is 17.7 Å². The van der Waals surface area contributed by atoms with Crippen LogP contribution < -0.4 is 10.6 Å². The summed E-state index contributed by atoms with van der Waals surface area (Å²) in [5.74, 6) is 0.0381. The second-order valence-electron chi connectivity index (χ2n) is 6.34. The Balaban J connectivity index is 1.66. The standard InChI is InChI=1S/C22H22FN3O/c1-3-16-9-6-7-15(2)22(16)26-20-12-11-18(14-24-20)25-21(27)13-17-8-4-5-10-19(17)23/h4-12,14H,3,13H2,1-2H3,(H,24,26)(H,25,27). The first-order valence-corrected chi connectivity index (χ1v) is 8.91. The smallest absolute Gasteiger partial charge is 0.228 e. The van der Waals surface area contributed by atoms with E-state index in [-0.39, 0.29) is 18.1 Å². The van der Waals surface area contributed by atoms with Gasteiger partial charge in [0.25, 0.3) is 0 Å². The van der Waals surface area contributed by atoms with Crippen LogP contribution in [0.2, 0.25) is 0 Å². The summed E-state index contributed by atoms with van der Waals surface area (Å²) in [7, 11) is 0. The monoisotopic (exact) mass is 363 g/mol. The van der Waals surface area contributed by atoms with Crippen LogP contribution in [0.15, 0.2) is 60.8 Å². The number of anilines is 3. The Hall–Kier alpha value is -3.21. The fraction of sp³-hybridized carbons (Fsp3) is 0.182. The van der Waals surface area contributed by atoms with E-state index in [4.69, 9.17) is 0 Å². The van der Waals surface area contributed by atoms with E-state index < -0.39 is 0 Å². The average Bonchev–Trinajstić information content (AvgIpc) is 2.66. The van der Waals surface area contributed by atoms with Crippen molar-refractivity contribution in [1.82, 2.24) is 4.98 Å². The maximum absolute atomic E-state index is 13.6. The second kappa shape index (κ2) is 8.45. The Morgan fingerprint density at radius 1 is 1.04 bits per heavy atom. The molecular formula is C22H22FN3O. The average molecular weight is 363 g/mol. The van der Waals surface area contributed by atoms with Crippen molar-refractivity contribution in [2.45, 2.75) is 26.7 Å². The molecule has 0 saturated carbocycles. The van der Waals surface area contributed by atoms with Crippen LogP contribution in [-0.4, -0.2) is 10.9 Å². The molecule has 0 bridgehead atoms. The van der Waals surface area contributed by atoms with Gasteiger partial charge < -0.3 is 10.6 Å². The number of hydrogen-bond donors (Lipinski definition) is 2. The second-order valence-corrected chi connectivity index (χ2v) is 6.34. The van der Waals surface area contributed by atoms with Gasteiger partial charge in [-0.1, -0.05) is 43.3 Å². The first kappa shape index (κ1) is 18.6. The summed E-state index contributed by atoms with van der Waals surface area (Å²) in [5.41, 5.74) is 4.37. The summed E-state index contributed by atoms with van der Waals surface area (Å²) in [6, 6.07) is 16.0. The minimum Gasteiger partial charge on any atom is -0.340 e. The number of hydrogen-bond acceptors (Lipinski definition) is 3. The zero-order valence-corrected chi connectivity index (χ0v) is 15.4. The third-order valence-corrected chi connectivity index (χ3v) is 4.35. The highest BCUT2D eigenvalue weighted by atomic mass is 19.1. The molecule has 0 radical (unpaired) electrons. The normalized spacial score (nSPS) is 10.5. The molecule has 1 heterocycles. The summed E-state index contributed by atoms with van der Waals surface area (Å²) >= 11 is 0. The summed E-state index contributed by atoms with van der Waals surface area (Å²) in [6.45, 7) is 4.17. The number of nitrogens with zero attached hydrogens (tertiary/aromatic N) is 1. The van der Waals surface area contributed by atoms with Crippen LogP contribution in [0.4, 0.5) is 21.6 Å². The zero-order chi connectivity index (χ0) is 19.2. The molecule has 138 valence electrons. The predicted molar refractivity (Wildman–Crippen MR) is 107 cm³/mol. The molecule has 3 aromatic rings. The van der Waals surface area contributed by atoms with Crippen molar-refractivity contribution in [3.63, 3.8) is 0 Å². The lowest BCUT2D eigenvalue weighted by Gasteiger charge is -2.14. The minimum absolute atomic E-state index is 0.0181. The lowest BCUT2D eigenvalue weighted by molar-refractivity contribution is -0.115. The van der Waals surface area contributed by atoms with Crippen LogP contribution in [0, 0.1) is 12.7 Å². The highest BCUT2D eigenvalue weighted by molar-refractivity contribution is 5.92. The zero-order valence-electron chi connectivity index (χ0n) is 15.4. The Kier molecular flexibility index (Phi) is 5.81. The van der Waals surface area contributed by atoms with Crippen LogP contribution in [-0.2, 0) is 17.6 Å². The Labute approximate surface area is 158 Å². The molecule has 0 fully saturated rings. The third-order valence-electron chi connectivity index (χ3n) is 4.35. The van der Waals surface area contributed by atoms with E-state index >= 15 is 0 Å². The number of aryl methyl sites for hydroxylation is 2. The summed E-state index contributed by atoms with van der Waals surface area (Å²) in [4.78, 5) is 16.5. The Bertz CT molecular complexity index is 939. The molecule has 1 aromatic heterocycles. The number of benzene rings is 2. The van der Waals surface area contributed by atoms with Gasteiger partial charge in [0.15, 0.2) is 0 Å². The number of carbonyl (C=O) groups is 1. The topological polar surface area (TPSA) is 54.0 Å². The molecule has 0 aliphatic heterocycles. The van der Waals surface area contributed by atoms with Crippen molar-refractivity contribution in [2.75, 3.05) is 10.6 Å². The summed E-state index contributed by atoms with van der Waals surface area (Å²) < 4.78 is 13.6. The number of nitrogens with one attached hydrogen (secondary N) is 2. The van der Waals surface area contributed by atoms with Crippen molar-refractivity contribution in [3.8, 4) is 0 Å². The first-order chi connectivity index (χ1) is 13.1. The predicted octanol–water partition coefficient (Wildman–Crippen LogP) is 5.02. The van der Waals surface area contributed by atoms with Crippen LogP contribution in [0.1, 0.15) is 23.6 Å². The van der Waals surface area contributed by atoms with Crippen LogP contribution in [0.25, 0.3) is 0 Å². The molecule has 2 aromatic carbocycles. The number of para-hydroxylation sites is 1. The molecule has 0 aliphatic carbocycles. The SMILES string of the molecule is CCc1cccc(C)c1Nc1ccc(NC(=O)Cc2ccccc2F)cn1. The van der Waals surface area contributed by atoms with Crippen molar-refractivity contribution in [3.05, 3.63) is 83.3 Å². The molecule has 4 nitrogen and oxygen atoms in total. The van der Waals surface area contributed by atoms with Gasteiger partial charge in [-0.25, -0.2) is 9.37 Å². The van der Waals surface area contributed by atoms with Crippen molar-refractivity contribution in [1.29, 1.82) is 0 Å². The maximum Gasteiger partial charge on any atom is 0.228 e. The highest BCUT2D eigenvalue weighted by Crippen LogP contribution is 2.25. The number of pyridine rings is 1. The van der Waals surface area contributed by atoms with Gasteiger partial charge in [0, 0.05) is 5.69 Å². The molecule has 1 amide bonds. The van der Waals surface area contributed by atoms with Gasteiger partial charge >= 0.3 is 0 Å². The molecule has 2 N–H and O–H groups in total. The van der Waals surface area contributed by atoms with E-state index in [1.807, 2.05) is 12.1 Å². The maximum atomic E-state index is 13.6. The number of halogens is 1. The van der Waals surface area contributed by atoms with E-state index in [0.29, 0.717) is 17.1 Å². The molecule has 0 spiro atoms. The minimum atomic E-state index is -0.379. The molecule has 27 heavy (non-hydrogen) atoms. The molecule has 0 aliphatic rings. The number of rotatable bonds is 6. The van der Waals surface area contributed by atoms with E-state index in [1.54, 1.807) is 30.5 Å². The van der Waals surface area contributed by atoms with Gasteiger partial charge in [0.2, 0.25) is 5.91 Å². The molecule has 0 saturated heterocycles. The molecule has 0 unspecified atom stereocenters. The summed E-state index contributed by atoms with van der Waals surface area (Å²) in [5, 5.41) is 6.09. The van der Waals surface area contributed by atoms with Crippen molar-refractivity contribution >= 4 is 23.1 Å². The lowest BCUT2D eigenvalue weighted by Crippen LogP contribution is -2.15. The number of amides is 1. The van der Waals surface area contributed by atoms with E-state index in [2.05, 4.69) is 41.6 Å². The molecular weight excluding hydrogens is 341 g/mol. The van der Waals surface area contributed by atoms with Gasteiger partial charge in [-0.15, -0.1) is 0 Å². The quantitative estimate of drug-likeness (QED) is 0.647. The van der Waals surface area contributed by atoms with Crippen LogP contribution >= 0.6 is 0 Å². The van der Waals surface area contributed by atoms with Gasteiger partial charge in [0.1, 0.15) is 11.6 Å². The van der Waals surface area contributed by atoms with Gasteiger partial charge in [-0.2, -0.15) is 0 Å². The van der Waals surface area contributed by atoms with Gasteiger partial charge in [-0.05, 0) is 48.2 Å². The van der Waals surface area contributed by atoms with Crippen LogP contribution in [0.5, 0.6) is 0 Å². The molecule has 5 heteroatoms. The summed E-state index contributed by atoms with van der Waals surface area (Å²) in [6.07, 6.45) is 2.50. The van der Waals surface area contributed by atoms with Gasteiger partial charge in [0.05, 0.1) is 18.3 Å². The lowest BCUT2D eigenvalue weighted by atomic mass is 10.1. The Morgan fingerprint density at radius 2 is 1.81 bits per heavy atom. The first-order valence-electron chi connectivity index (χ1n) is 8.91. The van der Waals surface area contributed by atoms with Crippen LogP contribution in [0.3, 0.4) is 0 Å². The van der Waals surface area contributed by atoms with Crippen molar-refractivity contribution in [2.24, 2.45) is 0 Å². The molecule has 0 atom stereocenters. The fourth-order valence-corrected chi connectivity index (χ4v) is 2.89. The largest absolute Gasteiger partial charge is 0.340 e. The van der Waals surface area contributed by atoms with E-state index in [1.165, 1.54) is 11.6 Å². The van der Waals surface area contributed by atoms with E-state index in [9.17, 15) is 9.18 Å². The Morgan fingerprint density at radius 3 is 2.52 bits per heavy atom. The molecule has 3 rings (SSSR count).